The van der Waals surface area contributed by atoms with Crippen LogP contribution in [0.3, 0.4) is 0 Å². The van der Waals surface area contributed by atoms with E-state index >= 15 is 0 Å². The van der Waals surface area contributed by atoms with Gasteiger partial charge in [0.25, 0.3) is 0 Å². The highest BCUT2D eigenvalue weighted by molar-refractivity contribution is 5.83. The molecule has 0 saturated carbocycles. The van der Waals surface area contributed by atoms with Crippen LogP contribution in [0.1, 0.15) is 26.5 Å². The maximum absolute atomic E-state index is 11.6. The minimum absolute atomic E-state index is 0.0828. The smallest absolute Gasteiger partial charge is 0.242 e. The largest absolute Gasteiger partial charge is 0.478 e. The number of aryl methyl sites for hydroxylation is 1. The molecule has 1 unspecified atom stereocenters. The minimum atomic E-state index is -0.388. The number of nitrogens with one attached hydrogen (secondary N) is 2. The van der Waals surface area contributed by atoms with Crippen molar-refractivity contribution in [3.8, 4) is 5.88 Å². The summed E-state index contributed by atoms with van der Waals surface area (Å²) in [5, 5.41) is 5.68. The fourth-order valence-electron chi connectivity index (χ4n) is 1.41. The summed E-state index contributed by atoms with van der Waals surface area (Å²) in [7, 11) is 0. The lowest BCUT2D eigenvalue weighted by molar-refractivity contribution is -0.121. The third-order valence-corrected chi connectivity index (χ3v) is 2.21. The SMILES string of the molecule is CCNC(=O)C(C)Nc1nc(C)cc(OCC)n1. The van der Waals surface area contributed by atoms with E-state index in [-0.39, 0.29) is 11.9 Å². The van der Waals surface area contributed by atoms with Gasteiger partial charge in [-0.15, -0.1) is 0 Å². The number of anilines is 1. The molecular weight excluding hydrogens is 232 g/mol. The highest BCUT2D eigenvalue weighted by atomic mass is 16.5. The van der Waals surface area contributed by atoms with Gasteiger partial charge in [-0.2, -0.15) is 4.98 Å². The van der Waals surface area contributed by atoms with Crippen molar-refractivity contribution in [3.63, 3.8) is 0 Å². The number of carbonyl (C=O) groups excluding carboxylic acids is 1. The first-order valence-corrected chi connectivity index (χ1v) is 6.09. The van der Waals surface area contributed by atoms with E-state index in [0.29, 0.717) is 25.0 Å². The van der Waals surface area contributed by atoms with Crippen molar-refractivity contribution in [1.29, 1.82) is 0 Å². The highest BCUT2D eigenvalue weighted by Gasteiger charge is 2.13. The number of ether oxygens (including phenoxy) is 1. The fraction of sp³-hybridized carbons (Fsp3) is 0.583. The zero-order chi connectivity index (χ0) is 13.5. The molecule has 6 nitrogen and oxygen atoms in total. The van der Waals surface area contributed by atoms with Crippen LogP contribution in [0.2, 0.25) is 0 Å². The summed E-state index contributed by atoms with van der Waals surface area (Å²) in [4.78, 5) is 20.0. The second-order valence-electron chi connectivity index (χ2n) is 3.86. The predicted molar refractivity (Wildman–Crippen MR) is 69.7 cm³/mol. The molecule has 1 amide bonds. The zero-order valence-corrected chi connectivity index (χ0v) is 11.3. The first kappa shape index (κ1) is 14.2. The van der Waals surface area contributed by atoms with Gasteiger partial charge in [0.05, 0.1) is 6.61 Å². The summed E-state index contributed by atoms with van der Waals surface area (Å²) in [6, 6.07) is 1.37. The molecule has 100 valence electrons. The number of hydrogen-bond acceptors (Lipinski definition) is 5. The lowest BCUT2D eigenvalue weighted by Crippen LogP contribution is -2.37. The number of nitrogens with zero attached hydrogens (tertiary/aromatic N) is 2. The van der Waals surface area contributed by atoms with Crippen LogP contribution in [0.5, 0.6) is 5.88 Å². The van der Waals surface area contributed by atoms with E-state index in [2.05, 4.69) is 20.6 Å². The Morgan fingerprint density at radius 2 is 2.17 bits per heavy atom. The van der Waals surface area contributed by atoms with Gasteiger partial charge >= 0.3 is 0 Å². The molecule has 0 aliphatic carbocycles. The Balaban J connectivity index is 2.74. The molecule has 0 bridgehead atoms. The number of aromatic nitrogens is 2. The van der Waals surface area contributed by atoms with Crippen LogP contribution in [0.25, 0.3) is 0 Å². The lowest BCUT2D eigenvalue weighted by atomic mass is 10.3. The molecular formula is C12H20N4O2. The molecule has 0 aliphatic rings. The van der Waals surface area contributed by atoms with Crippen LogP contribution >= 0.6 is 0 Å². The first-order valence-electron chi connectivity index (χ1n) is 6.09. The van der Waals surface area contributed by atoms with Crippen molar-refractivity contribution in [1.82, 2.24) is 15.3 Å². The molecule has 1 atom stereocenters. The van der Waals surface area contributed by atoms with Gasteiger partial charge < -0.3 is 15.4 Å². The normalized spacial score (nSPS) is 11.8. The molecule has 1 aromatic rings. The van der Waals surface area contributed by atoms with Crippen molar-refractivity contribution in [3.05, 3.63) is 11.8 Å². The van der Waals surface area contributed by atoms with Gasteiger partial charge in [-0.1, -0.05) is 0 Å². The molecule has 0 aromatic carbocycles. The Morgan fingerprint density at radius 1 is 1.44 bits per heavy atom. The molecule has 1 rings (SSSR count). The van der Waals surface area contributed by atoms with Crippen LogP contribution in [0, 0.1) is 6.92 Å². The molecule has 2 N–H and O–H groups in total. The van der Waals surface area contributed by atoms with E-state index in [9.17, 15) is 4.79 Å². The third kappa shape index (κ3) is 4.20. The van der Waals surface area contributed by atoms with E-state index in [1.165, 1.54) is 0 Å². The van der Waals surface area contributed by atoms with E-state index in [4.69, 9.17) is 4.74 Å². The Hall–Kier alpha value is -1.85. The standard InChI is InChI=1S/C12H20N4O2/c1-5-13-11(17)9(4)15-12-14-8(3)7-10(16-12)18-6-2/h7,9H,5-6H2,1-4H3,(H,13,17)(H,14,15,16). The molecule has 18 heavy (non-hydrogen) atoms. The number of hydrogen-bond donors (Lipinski definition) is 2. The van der Waals surface area contributed by atoms with Gasteiger partial charge in [0.2, 0.25) is 17.7 Å². The zero-order valence-electron chi connectivity index (χ0n) is 11.3. The molecule has 6 heteroatoms. The van der Waals surface area contributed by atoms with E-state index in [0.717, 1.165) is 5.69 Å². The van der Waals surface area contributed by atoms with E-state index < -0.39 is 0 Å². The molecule has 1 heterocycles. The van der Waals surface area contributed by atoms with Crippen molar-refractivity contribution >= 4 is 11.9 Å². The van der Waals surface area contributed by atoms with Crippen LogP contribution in [0.15, 0.2) is 6.07 Å². The topological polar surface area (TPSA) is 76.1 Å². The number of carbonyl (C=O) groups is 1. The van der Waals surface area contributed by atoms with Crippen LogP contribution in [-0.4, -0.2) is 35.1 Å². The van der Waals surface area contributed by atoms with Crippen molar-refractivity contribution < 1.29 is 9.53 Å². The monoisotopic (exact) mass is 252 g/mol. The van der Waals surface area contributed by atoms with E-state index in [1.54, 1.807) is 13.0 Å². The molecule has 0 saturated heterocycles. The first-order chi connectivity index (χ1) is 8.56. The van der Waals surface area contributed by atoms with Gasteiger partial charge in [-0.25, -0.2) is 4.98 Å². The molecule has 0 spiro atoms. The lowest BCUT2D eigenvalue weighted by Gasteiger charge is -2.14. The fourth-order valence-corrected chi connectivity index (χ4v) is 1.41. The summed E-state index contributed by atoms with van der Waals surface area (Å²) in [5.74, 6) is 0.827. The second-order valence-corrected chi connectivity index (χ2v) is 3.86. The van der Waals surface area contributed by atoms with Crippen LogP contribution in [-0.2, 0) is 4.79 Å². The van der Waals surface area contributed by atoms with Gasteiger partial charge in [0.1, 0.15) is 6.04 Å². The van der Waals surface area contributed by atoms with Crippen molar-refractivity contribution in [2.75, 3.05) is 18.5 Å². The molecule has 1 aromatic heterocycles. The average molecular weight is 252 g/mol. The highest BCUT2D eigenvalue weighted by Crippen LogP contribution is 2.12. The average Bonchev–Trinajstić information content (AvgIpc) is 2.28. The molecule has 0 aliphatic heterocycles. The Morgan fingerprint density at radius 3 is 2.78 bits per heavy atom. The summed E-state index contributed by atoms with van der Waals surface area (Å²) in [5.41, 5.74) is 0.791. The summed E-state index contributed by atoms with van der Waals surface area (Å²) in [6.45, 7) is 8.53. The second kappa shape index (κ2) is 6.78. The van der Waals surface area contributed by atoms with Gasteiger partial charge in [0.15, 0.2) is 0 Å². The Bertz CT molecular complexity index is 409. The van der Waals surface area contributed by atoms with Crippen LogP contribution in [0.4, 0.5) is 5.95 Å². The number of likely N-dealkylation sites (N-methyl/N-ethyl adjacent to an activating group) is 1. The number of rotatable bonds is 6. The van der Waals surface area contributed by atoms with E-state index in [1.807, 2.05) is 20.8 Å². The quantitative estimate of drug-likeness (QED) is 0.793. The van der Waals surface area contributed by atoms with Crippen molar-refractivity contribution in [2.45, 2.75) is 33.7 Å². The number of amides is 1. The van der Waals surface area contributed by atoms with Crippen molar-refractivity contribution in [2.24, 2.45) is 0 Å². The maximum Gasteiger partial charge on any atom is 0.242 e. The van der Waals surface area contributed by atoms with Gasteiger partial charge in [-0.05, 0) is 27.7 Å². The maximum atomic E-state index is 11.6. The van der Waals surface area contributed by atoms with Crippen LogP contribution < -0.4 is 15.4 Å². The Kier molecular flexibility index (Phi) is 5.35. The summed E-state index contributed by atoms with van der Waals surface area (Å²) < 4.78 is 5.33. The van der Waals surface area contributed by atoms with Gasteiger partial charge in [-0.3, -0.25) is 4.79 Å². The summed E-state index contributed by atoms with van der Waals surface area (Å²) >= 11 is 0. The summed E-state index contributed by atoms with van der Waals surface area (Å²) in [6.07, 6.45) is 0. The minimum Gasteiger partial charge on any atom is -0.478 e. The van der Waals surface area contributed by atoms with Gasteiger partial charge in [0, 0.05) is 18.3 Å². The Labute approximate surface area is 107 Å². The predicted octanol–water partition coefficient (Wildman–Crippen LogP) is 1.12. The third-order valence-electron chi connectivity index (χ3n) is 2.21. The molecule has 0 radical (unpaired) electrons. The molecule has 0 fully saturated rings.